The lowest BCUT2D eigenvalue weighted by molar-refractivity contribution is -0.122. The lowest BCUT2D eigenvalue weighted by Crippen LogP contribution is -2.34. The maximum absolute atomic E-state index is 13.3. The molecule has 6 nitrogen and oxygen atoms in total. The Morgan fingerprint density at radius 1 is 1.09 bits per heavy atom. The molecule has 0 bridgehead atoms. The molecule has 1 heterocycles. The van der Waals surface area contributed by atoms with E-state index in [0.717, 1.165) is 16.7 Å². The van der Waals surface area contributed by atoms with Crippen molar-refractivity contribution in [2.24, 2.45) is 0 Å². The van der Waals surface area contributed by atoms with Crippen LogP contribution in [0.5, 0.6) is 11.5 Å². The molecule has 176 valence electrons. The van der Waals surface area contributed by atoms with Gasteiger partial charge >= 0.3 is 0 Å². The number of ether oxygens (including phenoxy) is 2. The first-order chi connectivity index (χ1) is 16.5. The molecule has 0 unspecified atom stereocenters. The minimum absolute atomic E-state index is 0.0870. The first-order valence-electron chi connectivity index (χ1n) is 11.2. The maximum Gasteiger partial charge on any atom is 0.255 e. The van der Waals surface area contributed by atoms with Crippen molar-refractivity contribution >= 4 is 23.4 Å². The number of rotatable bonds is 9. The van der Waals surface area contributed by atoms with Crippen molar-refractivity contribution in [2.75, 3.05) is 13.7 Å². The Kier molecular flexibility index (Phi) is 7.38. The third-order valence-corrected chi connectivity index (χ3v) is 6.09. The van der Waals surface area contributed by atoms with Gasteiger partial charge in [-0.1, -0.05) is 48.0 Å². The van der Waals surface area contributed by atoms with Gasteiger partial charge < -0.3 is 19.7 Å². The largest absolute Gasteiger partial charge is 0.493 e. The molecule has 1 aliphatic rings. The van der Waals surface area contributed by atoms with E-state index in [4.69, 9.17) is 21.1 Å². The van der Waals surface area contributed by atoms with E-state index < -0.39 is 6.04 Å². The third-order valence-electron chi connectivity index (χ3n) is 5.86. The van der Waals surface area contributed by atoms with E-state index >= 15 is 0 Å². The summed E-state index contributed by atoms with van der Waals surface area (Å²) in [5.41, 5.74) is 3.34. The molecule has 0 spiro atoms. The summed E-state index contributed by atoms with van der Waals surface area (Å²) in [6.45, 7) is 3.20. The zero-order valence-corrected chi connectivity index (χ0v) is 20.0. The third kappa shape index (κ3) is 5.18. The number of carbonyl (C=O) groups is 2. The highest BCUT2D eigenvalue weighted by Gasteiger charge is 2.34. The highest BCUT2D eigenvalue weighted by molar-refractivity contribution is 6.30. The zero-order valence-electron chi connectivity index (χ0n) is 19.2. The second kappa shape index (κ2) is 10.6. The number of amides is 2. The smallest absolute Gasteiger partial charge is 0.255 e. The predicted molar refractivity (Wildman–Crippen MR) is 131 cm³/mol. The van der Waals surface area contributed by atoms with Gasteiger partial charge in [-0.05, 0) is 53.9 Å². The van der Waals surface area contributed by atoms with Gasteiger partial charge in [-0.3, -0.25) is 9.59 Å². The Balaban J connectivity index is 1.59. The van der Waals surface area contributed by atoms with Crippen LogP contribution in [0, 0.1) is 0 Å². The Morgan fingerprint density at radius 3 is 2.65 bits per heavy atom. The number of hydrogen-bond donors (Lipinski definition) is 1. The quantitative estimate of drug-likeness (QED) is 0.461. The lowest BCUT2D eigenvalue weighted by Gasteiger charge is -2.28. The molecular weight excluding hydrogens is 452 g/mol. The average Bonchev–Trinajstić information content (AvgIpc) is 3.18. The van der Waals surface area contributed by atoms with Crippen molar-refractivity contribution in [3.8, 4) is 11.5 Å². The summed E-state index contributed by atoms with van der Waals surface area (Å²) in [7, 11) is 1.57. The molecule has 3 aromatic rings. The van der Waals surface area contributed by atoms with E-state index in [2.05, 4.69) is 5.32 Å². The van der Waals surface area contributed by atoms with Crippen LogP contribution in [0.3, 0.4) is 0 Å². The van der Waals surface area contributed by atoms with Gasteiger partial charge in [0.25, 0.3) is 5.91 Å². The van der Waals surface area contributed by atoms with Gasteiger partial charge in [0, 0.05) is 23.7 Å². The minimum Gasteiger partial charge on any atom is -0.493 e. The molecule has 1 atom stereocenters. The van der Waals surface area contributed by atoms with Crippen LogP contribution >= 0.6 is 11.6 Å². The molecular formula is C27H27ClN2O4. The SMILES string of the molecule is CCOc1ccc([C@@H](CC(=O)NCc2cccc(Cl)c2)N2Cc3ccccc3C2=O)cc1OC. The minimum atomic E-state index is -0.469. The summed E-state index contributed by atoms with van der Waals surface area (Å²) in [6.07, 6.45) is 0.109. The summed E-state index contributed by atoms with van der Waals surface area (Å²) in [5.74, 6) is 0.930. The van der Waals surface area contributed by atoms with E-state index in [0.29, 0.717) is 41.8 Å². The second-order valence-electron chi connectivity index (χ2n) is 8.06. The van der Waals surface area contributed by atoms with Gasteiger partial charge in [0.15, 0.2) is 11.5 Å². The van der Waals surface area contributed by atoms with Crippen LogP contribution in [0.1, 0.15) is 46.4 Å². The van der Waals surface area contributed by atoms with Crippen molar-refractivity contribution in [1.29, 1.82) is 0 Å². The van der Waals surface area contributed by atoms with Crippen LogP contribution in [0.2, 0.25) is 5.02 Å². The second-order valence-corrected chi connectivity index (χ2v) is 8.50. The van der Waals surface area contributed by atoms with Gasteiger partial charge in [0.2, 0.25) is 5.91 Å². The Hall–Kier alpha value is -3.51. The van der Waals surface area contributed by atoms with Crippen molar-refractivity contribution in [1.82, 2.24) is 10.2 Å². The topological polar surface area (TPSA) is 67.9 Å². The fourth-order valence-corrected chi connectivity index (χ4v) is 4.41. The molecule has 0 saturated heterocycles. The number of hydrogen-bond acceptors (Lipinski definition) is 4. The molecule has 1 N–H and O–H groups in total. The summed E-state index contributed by atoms with van der Waals surface area (Å²) in [5, 5.41) is 3.57. The average molecular weight is 479 g/mol. The molecule has 4 rings (SSSR count). The number of halogens is 1. The molecule has 7 heteroatoms. The number of nitrogens with one attached hydrogen (secondary N) is 1. The normalized spacial score (nSPS) is 13.4. The Labute approximate surface area is 204 Å². The molecule has 3 aromatic carbocycles. The first-order valence-corrected chi connectivity index (χ1v) is 11.6. The van der Waals surface area contributed by atoms with Crippen molar-refractivity contribution < 1.29 is 19.1 Å². The number of fused-ring (bicyclic) bond motifs is 1. The zero-order chi connectivity index (χ0) is 24.1. The summed E-state index contributed by atoms with van der Waals surface area (Å²) < 4.78 is 11.2. The standard InChI is InChI=1S/C27H27ClN2O4/c1-3-34-24-12-11-19(14-25(24)33-2)23(30-17-20-8-4-5-10-22(20)27(30)32)15-26(31)29-16-18-7-6-9-21(28)13-18/h4-14,23H,3,15-17H2,1-2H3,(H,29,31)/t23-/m1/s1. The highest BCUT2D eigenvalue weighted by Crippen LogP contribution is 2.37. The van der Waals surface area contributed by atoms with Crippen LogP contribution in [0.25, 0.3) is 0 Å². The highest BCUT2D eigenvalue weighted by atomic mass is 35.5. The number of methoxy groups -OCH3 is 1. The molecule has 0 radical (unpaired) electrons. The van der Waals surface area contributed by atoms with Crippen LogP contribution in [0.4, 0.5) is 0 Å². The molecule has 0 fully saturated rings. The van der Waals surface area contributed by atoms with E-state index in [1.54, 1.807) is 18.1 Å². The van der Waals surface area contributed by atoms with Crippen LogP contribution in [-0.2, 0) is 17.9 Å². The molecule has 0 saturated carbocycles. The van der Waals surface area contributed by atoms with Crippen LogP contribution in [-0.4, -0.2) is 30.4 Å². The van der Waals surface area contributed by atoms with E-state index in [1.807, 2.05) is 67.6 Å². The van der Waals surface area contributed by atoms with Gasteiger partial charge in [-0.2, -0.15) is 0 Å². The molecule has 34 heavy (non-hydrogen) atoms. The van der Waals surface area contributed by atoms with Crippen LogP contribution < -0.4 is 14.8 Å². The van der Waals surface area contributed by atoms with E-state index in [1.165, 1.54) is 0 Å². The lowest BCUT2D eigenvalue weighted by atomic mass is 10.0. The summed E-state index contributed by atoms with van der Waals surface area (Å²) in [6, 6.07) is 20.0. The van der Waals surface area contributed by atoms with Gasteiger partial charge in [-0.15, -0.1) is 0 Å². The summed E-state index contributed by atoms with van der Waals surface area (Å²) >= 11 is 6.06. The molecule has 0 aromatic heterocycles. The Bertz CT molecular complexity index is 1200. The van der Waals surface area contributed by atoms with Gasteiger partial charge in [-0.25, -0.2) is 0 Å². The molecule has 0 aliphatic carbocycles. The maximum atomic E-state index is 13.3. The fraction of sp³-hybridized carbons (Fsp3) is 0.259. The monoisotopic (exact) mass is 478 g/mol. The molecule has 1 aliphatic heterocycles. The fourth-order valence-electron chi connectivity index (χ4n) is 4.20. The van der Waals surface area contributed by atoms with E-state index in [-0.39, 0.29) is 18.2 Å². The Morgan fingerprint density at radius 2 is 1.91 bits per heavy atom. The number of nitrogens with zero attached hydrogens (tertiary/aromatic N) is 1. The number of carbonyl (C=O) groups excluding carboxylic acids is 2. The van der Waals surface area contributed by atoms with Gasteiger partial charge in [0.05, 0.1) is 26.2 Å². The molecule has 2 amide bonds. The van der Waals surface area contributed by atoms with E-state index in [9.17, 15) is 9.59 Å². The van der Waals surface area contributed by atoms with Crippen molar-refractivity contribution in [2.45, 2.75) is 32.5 Å². The predicted octanol–water partition coefficient (Wildman–Crippen LogP) is 5.15. The summed E-state index contributed by atoms with van der Waals surface area (Å²) in [4.78, 5) is 28.0. The van der Waals surface area contributed by atoms with Crippen molar-refractivity contribution in [3.05, 3.63) is 94.0 Å². The van der Waals surface area contributed by atoms with Crippen molar-refractivity contribution in [3.63, 3.8) is 0 Å². The number of benzene rings is 3. The first kappa shape index (κ1) is 23.6. The van der Waals surface area contributed by atoms with Gasteiger partial charge in [0.1, 0.15) is 0 Å². The van der Waals surface area contributed by atoms with Crippen LogP contribution in [0.15, 0.2) is 66.7 Å².